The summed E-state index contributed by atoms with van der Waals surface area (Å²) in [6, 6.07) is 0. The number of aliphatic hydroxyl groups excluding tert-OH is 14. The van der Waals surface area contributed by atoms with Gasteiger partial charge in [-0.15, -0.1) is 0 Å². The van der Waals surface area contributed by atoms with Gasteiger partial charge in [0.1, 0.15) is 91.6 Å². The Hall–Kier alpha value is -1.63. The zero-order valence-corrected chi connectivity index (χ0v) is 45.2. The average molecular weight is 1110 g/mol. The van der Waals surface area contributed by atoms with Gasteiger partial charge in [-0.25, -0.2) is 0 Å². The van der Waals surface area contributed by atoms with Crippen LogP contribution in [0.15, 0.2) is 12.2 Å². The molecule has 14 N–H and O–H groups in total. The number of hydrogen-bond donors (Lipinski definition) is 14. The molecule has 0 aromatic rings. The van der Waals surface area contributed by atoms with Crippen LogP contribution in [0.3, 0.4) is 0 Å². The van der Waals surface area contributed by atoms with Crippen molar-refractivity contribution in [1.82, 2.24) is 0 Å². The summed E-state index contributed by atoms with van der Waals surface area (Å²) in [6.45, 7) is 16.9. The van der Waals surface area contributed by atoms with E-state index in [1.807, 2.05) is 6.92 Å². The molecule has 31 atom stereocenters. The van der Waals surface area contributed by atoms with Gasteiger partial charge in [-0.3, -0.25) is 4.79 Å². The van der Waals surface area contributed by atoms with Gasteiger partial charge < -0.3 is 109 Å². The summed E-state index contributed by atoms with van der Waals surface area (Å²) in [4.78, 5) is 15.2. The molecule has 0 aromatic heterocycles. The number of rotatable bonds is 12. The van der Waals surface area contributed by atoms with E-state index in [0.717, 1.165) is 18.4 Å². The maximum absolute atomic E-state index is 15.2. The quantitative estimate of drug-likeness (QED) is 0.0561. The van der Waals surface area contributed by atoms with Gasteiger partial charge in [-0.2, -0.15) is 0 Å². The summed E-state index contributed by atoms with van der Waals surface area (Å²) in [5.41, 5.74) is -1.89. The second-order valence-electron chi connectivity index (χ2n) is 25.9. The molecule has 0 amide bonds. The number of carbonyl (C=O) groups excluding carboxylic acids is 1. The predicted octanol–water partition coefficient (Wildman–Crippen LogP) is -2.18. The Labute approximate surface area is 449 Å². The van der Waals surface area contributed by atoms with Crippen molar-refractivity contribution in [2.45, 2.75) is 241 Å². The molecule has 0 bridgehead atoms. The first-order valence-corrected chi connectivity index (χ1v) is 27.8. The Balaban J connectivity index is 0.892. The molecule has 442 valence electrons. The summed E-state index contributed by atoms with van der Waals surface area (Å²) in [6.07, 6.45) is -27.8. The van der Waals surface area contributed by atoms with Crippen LogP contribution in [0.1, 0.15) is 106 Å². The van der Waals surface area contributed by atoms with E-state index in [-0.39, 0.29) is 40.4 Å². The SMILES string of the molecule is C=C(C)[C@@H]1CC[C@]2(C(=O)O[C@@H]3O[C@H](CO[C@@H]4O[C@H](CO)[C@@H](O[C@@H]5O[C@@H](C)[C@H](O)[C@@H](O)[C@H]5O)[C@@H](O)[C@H]4O)[C@@H](O)[C@H](O)[C@H]3O)CC[C@]3(C)[C@H](C[C@@H](O)[C@@H]4[C@@]5(C)CC[C@@H](O[C@@H]6O[C@H](CO)[C@@H](O)[C@H](O)[C@H]6O)C(C)(C)[C@@H]5CC[C@]43C)[C@H]12. The summed E-state index contributed by atoms with van der Waals surface area (Å²) in [5.74, 6) is -1.41. The Morgan fingerprint density at radius 1 is 0.584 bits per heavy atom. The summed E-state index contributed by atoms with van der Waals surface area (Å²) in [5, 5.41) is 152. The summed E-state index contributed by atoms with van der Waals surface area (Å²) in [7, 11) is 0. The first-order valence-electron chi connectivity index (χ1n) is 27.8. The van der Waals surface area contributed by atoms with Crippen LogP contribution in [0.25, 0.3) is 0 Å². The van der Waals surface area contributed by atoms with Gasteiger partial charge in [0.2, 0.25) is 6.29 Å². The lowest BCUT2D eigenvalue weighted by atomic mass is 9.31. The third kappa shape index (κ3) is 9.61. The number of allylic oxidation sites excluding steroid dienone is 1. The number of ether oxygens (including phenoxy) is 8. The molecule has 5 aliphatic carbocycles. The molecule has 0 aromatic carbocycles. The smallest absolute Gasteiger partial charge is 0.314 e. The predicted molar refractivity (Wildman–Crippen MR) is 263 cm³/mol. The minimum absolute atomic E-state index is 0.0513. The van der Waals surface area contributed by atoms with Crippen LogP contribution < -0.4 is 0 Å². The van der Waals surface area contributed by atoms with Crippen molar-refractivity contribution < 1.29 is 114 Å². The van der Waals surface area contributed by atoms with Crippen LogP contribution in [0, 0.1) is 56.7 Å². The Bertz CT molecular complexity index is 2100. The lowest BCUT2D eigenvalue weighted by molar-refractivity contribution is -0.361. The van der Waals surface area contributed by atoms with Gasteiger partial charge in [-0.1, -0.05) is 46.8 Å². The van der Waals surface area contributed by atoms with Crippen molar-refractivity contribution in [3.8, 4) is 0 Å². The highest BCUT2D eigenvalue weighted by Gasteiger charge is 2.74. The van der Waals surface area contributed by atoms with Crippen molar-refractivity contribution in [3.05, 3.63) is 12.2 Å². The molecule has 77 heavy (non-hydrogen) atoms. The maximum atomic E-state index is 15.2. The molecule has 9 fully saturated rings. The molecule has 4 heterocycles. The van der Waals surface area contributed by atoms with Gasteiger partial charge in [0.25, 0.3) is 0 Å². The second-order valence-corrected chi connectivity index (χ2v) is 25.9. The molecular weight excluding hydrogens is 1020 g/mol. The van der Waals surface area contributed by atoms with E-state index in [9.17, 15) is 71.5 Å². The fourth-order valence-corrected chi connectivity index (χ4v) is 17.3. The Morgan fingerprint density at radius 3 is 1.79 bits per heavy atom. The van der Waals surface area contributed by atoms with Crippen molar-refractivity contribution >= 4 is 5.97 Å². The van der Waals surface area contributed by atoms with Crippen LogP contribution >= 0.6 is 0 Å². The first-order chi connectivity index (χ1) is 36.0. The van der Waals surface area contributed by atoms with E-state index in [2.05, 4.69) is 41.2 Å². The van der Waals surface area contributed by atoms with Crippen molar-refractivity contribution in [3.63, 3.8) is 0 Å². The zero-order valence-electron chi connectivity index (χ0n) is 45.2. The van der Waals surface area contributed by atoms with E-state index in [1.165, 1.54) is 6.92 Å². The number of esters is 1. The first kappa shape index (κ1) is 60.0. The van der Waals surface area contributed by atoms with Crippen LogP contribution in [0.2, 0.25) is 0 Å². The van der Waals surface area contributed by atoms with Crippen molar-refractivity contribution in [2.24, 2.45) is 56.7 Å². The van der Waals surface area contributed by atoms with Crippen LogP contribution in [0.5, 0.6) is 0 Å². The second kappa shape index (κ2) is 21.8. The highest BCUT2D eigenvalue weighted by atomic mass is 16.8. The topological polar surface area (TPSA) is 374 Å². The summed E-state index contributed by atoms with van der Waals surface area (Å²) >= 11 is 0. The fourth-order valence-electron chi connectivity index (χ4n) is 17.3. The molecule has 9 rings (SSSR count). The van der Waals surface area contributed by atoms with Gasteiger partial charge in [0.05, 0.1) is 43.5 Å². The third-order valence-electron chi connectivity index (χ3n) is 21.7. The largest absolute Gasteiger partial charge is 0.432 e. The van der Waals surface area contributed by atoms with Gasteiger partial charge in [0.15, 0.2) is 18.9 Å². The normalized spacial score (nSPS) is 55.5. The molecule has 4 aliphatic heterocycles. The number of aliphatic hydroxyl groups is 14. The zero-order chi connectivity index (χ0) is 56.4. The molecule has 0 radical (unpaired) electrons. The van der Waals surface area contributed by atoms with Gasteiger partial charge in [-0.05, 0) is 123 Å². The number of fused-ring (bicyclic) bond motifs is 7. The lowest BCUT2D eigenvalue weighted by Gasteiger charge is -2.73. The van der Waals surface area contributed by atoms with Crippen molar-refractivity contribution in [2.75, 3.05) is 19.8 Å². The average Bonchev–Trinajstić information content (AvgIpc) is 4.02. The highest BCUT2D eigenvalue weighted by Crippen LogP contribution is 2.78. The minimum atomic E-state index is -1.91. The number of carbonyl (C=O) groups is 1. The van der Waals surface area contributed by atoms with Crippen LogP contribution in [0.4, 0.5) is 0 Å². The van der Waals surface area contributed by atoms with Gasteiger partial charge >= 0.3 is 5.97 Å². The molecule has 0 spiro atoms. The minimum Gasteiger partial charge on any atom is -0.432 e. The van der Waals surface area contributed by atoms with E-state index in [0.29, 0.717) is 44.9 Å². The monoisotopic (exact) mass is 1100 g/mol. The standard InChI is InChI=1S/C54H88O23/c1-21(2)23-9-14-54(49(69)77-48-41(67)37(63)34(60)28(74-48)20-70-45-42(68)38(64)43(27(19-56)73-45)76-46-39(65)35(61)32(58)22(3)71-46)16-15-52(7)24(31(23)54)17-25(57)44-51(6)12-11-30(50(4,5)29(51)10-13-53(44,52)8)75-47-40(66)36(62)33(59)26(18-55)72-47/h22-48,55-68H,1,9-20H2,2-8H3/t22-,23-,24+,25+,26+,27+,28+,29-,30+,31-,32-,33+,34+,35+,36-,37-,38-,39+,40+,41+,42+,43+,44+,45+,46-,47-,48-,51-,52+,53+,54-/m0/s1. The third-order valence-corrected chi connectivity index (χ3v) is 21.7. The molecule has 23 nitrogen and oxygen atoms in total. The van der Waals surface area contributed by atoms with E-state index in [4.69, 9.17) is 37.9 Å². The summed E-state index contributed by atoms with van der Waals surface area (Å²) < 4.78 is 47.1. The lowest BCUT2D eigenvalue weighted by Crippen LogP contribution is -2.70. The van der Waals surface area contributed by atoms with Gasteiger partial charge in [0, 0.05) is 0 Å². The molecule has 5 saturated carbocycles. The van der Waals surface area contributed by atoms with E-state index in [1.54, 1.807) is 0 Å². The Morgan fingerprint density at radius 2 is 1.16 bits per heavy atom. The fraction of sp³-hybridized carbons (Fsp3) is 0.944. The van der Waals surface area contributed by atoms with E-state index < -0.39 is 177 Å². The highest BCUT2D eigenvalue weighted by molar-refractivity contribution is 5.78. The Kier molecular flexibility index (Phi) is 17.0. The van der Waals surface area contributed by atoms with Crippen LogP contribution in [-0.2, 0) is 42.7 Å². The molecule has 23 heteroatoms. The molecule has 0 unspecified atom stereocenters. The van der Waals surface area contributed by atoms with Crippen LogP contribution in [-0.4, -0.2) is 232 Å². The molecule has 4 saturated heterocycles. The number of hydrogen-bond acceptors (Lipinski definition) is 23. The van der Waals surface area contributed by atoms with E-state index >= 15 is 4.79 Å². The van der Waals surface area contributed by atoms with Crippen molar-refractivity contribution in [1.29, 1.82) is 0 Å². The maximum Gasteiger partial charge on any atom is 0.314 e. The molecule has 9 aliphatic rings. The molecular formula is C54H88O23.